The molecule has 3 nitrogen and oxygen atoms in total. The summed E-state index contributed by atoms with van der Waals surface area (Å²) in [6.07, 6.45) is 3.81. The van der Waals surface area contributed by atoms with Gasteiger partial charge in [-0.05, 0) is 25.2 Å². The predicted molar refractivity (Wildman–Crippen MR) is 56.2 cm³/mol. The third-order valence-electron chi connectivity index (χ3n) is 2.98. The van der Waals surface area contributed by atoms with Crippen LogP contribution in [-0.4, -0.2) is 21.8 Å². The number of unbranched alkanes of at least 4 members (excludes halogenated alkanes) is 1. The zero-order chi connectivity index (χ0) is 11.2. The highest BCUT2D eigenvalue weighted by Crippen LogP contribution is 2.29. The van der Waals surface area contributed by atoms with Crippen LogP contribution in [0.15, 0.2) is 0 Å². The summed E-state index contributed by atoms with van der Waals surface area (Å²) in [7, 11) is 0. The molecule has 0 saturated carbocycles. The van der Waals surface area contributed by atoms with Gasteiger partial charge < -0.3 is 10.2 Å². The van der Waals surface area contributed by atoms with Gasteiger partial charge in [-0.25, -0.2) is 4.79 Å². The minimum atomic E-state index is -1.52. The highest BCUT2D eigenvalue weighted by Gasteiger charge is 2.40. The van der Waals surface area contributed by atoms with E-state index in [1.807, 2.05) is 6.92 Å². The Morgan fingerprint density at radius 2 is 1.93 bits per heavy atom. The second-order valence-corrected chi connectivity index (χ2v) is 3.83. The fourth-order valence-corrected chi connectivity index (χ4v) is 1.85. The summed E-state index contributed by atoms with van der Waals surface area (Å²) in [5.41, 5.74) is -1.52. The van der Waals surface area contributed by atoms with E-state index in [-0.39, 0.29) is 12.3 Å². The van der Waals surface area contributed by atoms with Gasteiger partial charge in [-0.3, -0.25) is 0 Å². The molecule has 0 saturated heterocycles. The van der Waals surface area contributed by atoms with Gasteiger partial charge in [0, 0.05) is 0 Å². The van der Waals surface area contributed by atoms with Crippen LogP contribution in [-0.2, 0) is 4.79 Å². The molecule has 0 amide bonds. The highest BCUT2D eigenvalue weighted by atomic mass is 16.4. The summed E-state index contributed by atoms with van der Waals surface area (Å²) in [6, 6.07) is 0. The Labute approximate surface area is 86.1 Å². The molecule has 0 aromatic heterocycles. The molecule has 0 aliphatic carbocycles. The fraction of sp³-hybridized carbons (Fsp3) is 0.909. The molecule has 0 aromatic carbocycles. The molecule has 14 heavy (non-hydrogen) atoms. The Morgan fingerprint density at radius 1 is 1.36 bits per heavy atom. The van der Waals surface area contributed by atoms with Crippen molar-refractivity contribution in [2.24, 2.45) is 5.92 Å². The van der Waals surface area contributed by atoms with Gasteiger partial charge in [-0.1, -0.05) is 33.6 Å². The van der Waals surface area contributed by atoms with Gasteiger partial charge in [-0.2, -0.15) is 0 Å². The maximum atomic E-state index is 11.0. The second-order valence-electron chi connectivity index (χ2n) is 3.83. The quantitative estimate of drug-likeness (QED) is 0.666. The smallest absolute Gasteiger partial charge is 0.335 e. The molecule has 0 fully saturated rings. The van der Waals surface area contributed by atoms with E-state index in [0.717, 1.165) is 25.7 Å². The lowest BCUT2D eigenvalue weighted by Gasteiger charge is -2.30. The van der Waals surface area contributed by atoms with Gasteiger partial charge in [0.25, 0.3) is 0 Å². The minimum Gasteiger partial charge on any atom is -0.479 e. The van der Waals surface area contributed by atoms with Crippen LogP contribution in [0.5, 0.6) is 0 Å². The first-order valence-electron chi connectivity index (χ1n) is 5.48. The molecular weight excluding hydrogens is 180 g/mol. The van der Waals surface area contributed by atoms with E-state index in [9.17, 15) is 9.90 Å². The standard InChI is InChI=1S/C11H22O3/c1-4-7-8-9(5-2)11(14,6-3)10(12)13/h9,14H,4-8H2,1-3H3,(H,12,13). The monoisotopic (exact) mass is 202 g/mol. The summed E-state index contributed by atoms with van der Waals surface area (Å²) in [5.74, 6) is -1.20. The lowest BCUT2D eigenvalue weighted by molar-refractivity contribution is -0.166. The summed E-state index contributed by atoms with van der Waals surface area (Å²) >= 11 is 0. The van der Waals surface area contributed by atoms with E-state index >= 15 is 0 Å². The molecule has 3 heteroatoms. The van der Waals surface area contributed by atoms with Crippen molar-refractivity contribution in [3.63, 3.8) is 0 Å². The molecule has 2 unspecified atom stereocenters. The number of rotatable bonds is 7. The largest absolute Gasteiger partial charge is 0.479 e. The van der Waals surface area contributed by atoms with Gasteiger partial charge in [0.05, 0.1) is 0 Å². The van der Waals surface area contributed by atoms with Gasteiger partial charge in [-0.15, -0.1) is 0 Å². The van der Waals surface area contributed by atoms with Gasteiger partial charge in [0.1, 0.15) is 0 Å². The minimum absolute atomic E-state index is 0.120. The van der Waals surface area contributed by atoms with Gasteiger partial charge >= 0.3 is 5.97 Å². The van der Waals surface area contributed by atoms with Crippen molar-refractivity contribution >= 4 is 5.97 Å². The van der Waals surface area contributed by atoms with Gasteiger partial charge in [0.2, 0.25) is 0 Å². The van der Waals surface area contributed by atoms with Gasteiger partial charge in [0.15, 0.2) is 5.60 Å². The Bertz CT molecular complexity index is 179. The molecule has 0 aromatic rings. The van der Waals surface area contributed by atoms with Crippen molar-refractivity contribution in [3.8, 4) is 0 Å². The van der Waals surface area contributed by atoms with E-state index in [4.69, 9.17) is 5.11 Å². The molecule has 2 atom stereocenters. The van der Waals surface area contributed by atoms with Crippen molar-refractivity contribution in [2.75, 3.05) is 0 Å². The Balaban J connectivity index is 4.51. The first-order valence-corrected chi connectivity index (χ1v) is 5.48. The molecule has 0 bridgehead atoms. The van der Waals surface area contributed by atoms with Crippen LogP contribution in [0.25, 0.3) is 0 Å². The molecule has 0 heterocycles. The summed E-state index contributed by atoms with van der Waals surface area (Å²) in [4.78, 5) is 11.0. The van der Waals surface area contributed by atoms with Crippen LogP contribution in [0.1, 0.15) is 52.9 Å². The zero-order valence-corrected chi connectivity index (χ0v) is 9.42. The highest BCUT2D eigenvalue weighted by molar-refractivity contribution is 5.77. The maximum Gasteiger partial charge on any atom is 0.335 e. The van der Waals surface area contributed by atoms with E-state index in [0.29, 0.717) is 0 Å². The van der Waals surface area contributed by atoms with Crippen LogP contribution in [0.4, 0.5) is 0 Å². The zero-order valence-electron chi connectivity index (χ0n) is 9.42. The SMILES string of the molecule is CCCCC(CC)C(O)(CC)C(=O)O. The van der Waals surface area contributed by atoms with Crippen molar-refractivity contribution < 1.29 is 15.0 Å². The molecular formula is C11H22O3. The topological polar surface area (TPSA) is 57.5 Å². The summed E-state index contributed by atoms with van der Waals surface area (Å²) in [5, 5.41) is 19.0. The molecule has 0 rings (SSSR count). The Kier molecular flexibility index (Phi) is 5.77. The average molecular weight is 202 g/mol. The van der Waals surface area contributed by atoms with E-state index in [1.54, 1.807) is 6.92 Å². The summed E-state index contributed by atoms with van der Waals surface area (Å²) in [6.45, 7) is 5.73. The first kappa shape index (κ1) is 13.4. The predicted octanol–water partition coefficient (Wildman–Crippen LogP) is 2.43. The fourth-order valence-electron chi connectivity index (χ4n) is 1.85. The molecule has 0 radical (unpaired) electrons. The van der Waals surface area contributed by atoms with Crippen LogP contribution in [0.2, 0.25) is 0 Å². The molecule has 2 N–H and O–H groups in total. The van der Waals surface area contributed by atoms with Crippen molar-refractivity contribution in [3.05, 3.63) is 0 Å². The van der Waals surface area contributed by atoms with E-state index < -0.39 is 11.6 Å². The third kappa shape index (κ3) is 2.98. The molecule has 0 spiro atoms. The third-order valence-corrected chi connectivity index (χ3v) is 2.98. The molecule has 84 valence electrons. The normalized spacial score (nSPS) is 17.4. The molecule has 0 aliphatic heterocycles. The number of aliphatic carboxylic acids is 1. The van der Waals surface area contributed by atoms with Crippen molar-refractivity contribution in [1.82, 2.24) is 0 Å². The average Bonchev–Trinajstić information content (AvgIpc) is 2.18. The number of carboxylic acids is 1. The Hall–Kier alpha value is -0.570. The van der Waals surface area contributed by atoms with Crippen LogP contribution >= 0.6 is 0 Å². The van der Waals surface area contributed by atoms with Crippen molar-refractivity contribution in [2.45, 2.75) is 58.5 Å². The van der Waals surface area contributed by atoms with E-state index in [1.165, 1.54) is 0 Å². The maximum absolute atomic E-state index is 11.0. The van der Waals surface area contributed by atoms with Crippen LogP contribution in [0.3, 0.4) is 0 Å². The van der Waals surface area contributed by atoms with E-state index in [2.05, 4.69) is 6.92 Å². The second kappa shape index (κ2) is 6.02. The lowest BCUT2D eigenvalue weighted by Crippen LogP contribution is -2.45. The number of hydrogen-bond donors (Lipinski definition) is 2. The Morgan fingerprint density at radius 3 is 2.21 bits per heavy atom. The first-order chi connectivity index (χ1) is 6.52. The summed E-state index contributed by atoms with van der Waals surface area (Å²) < 4.78 is 0. The lowest BCUT2D eigenvalue weighted by atomic mass is 9.80. The number of carbonyl (C=O) groups is 1. The van der Waals surface area contributed by atoms with Crippen LogP contribution in [0, 0.1) is 5.92 Å². The number of carboxylic acid groups (broad SMARTS) is 1. The van der Waals surface area contributed by atoms with Crippen LogP contribution < -0.4 is 0 Å². The number of aliphatic hydroxyl groups is 1. The van der Waals surface area contributed by atoms with Crippen molar-refractivity contribution in [1.29, 1.82) is 0 Å². The number of hydrogen-bond acceptors (Lipinski definition) is 2. The molecule has 0 aliphatic rings.